The molecule has 1 atom stereocenters. The highest BCUT2D eigenvalue weighted by Crippen LogP contribution is 2.14. The number of carbonyl (C=O) groups excluding carboxylic acids is 1. The van der Waals surface area contributed by atoms with Crippen LogP contribution in [0.3, 0.4) is 0 Å². The number of anilines is 1. The third-order valence-corrected chi connectivity index (χ3v) is 3.01. The summed E-state index contributed by atoms with van der Waals surface area (Å²) in [6, 6.07) is 8.59. The molecule has 1 aromatic rings. The van der Waals surface area contributed by atoms with Crippen molar-refractivity contribution in [3.05, 3.63) is 35.9 Å². The Morgan fingerprint density at radius 1 is 1.28 bits per heavy atom. The van der Waals surface area contributed by atoms with E-state index in [1.807, 2.05) is 14.1 Å². The quantitative estimate of drug-likeness (QED) is 0.849. The number of benzene rings is 1. The van der Waals surface area contributed by atoms with Crippen LogP contribution in [0.2, 0.25) is 0 Å². The summed E-state index contributed by atoms with van der Waals surface area (Å²) >= 11 is 0. The van der Waals surface area contributed by atoms with Crippen molar-refractivity contribution in [1.29, 1.82) is 0 Å². The SMILES string of the molecule is CN(C)c1ccc(/C=C/C2CCC(=O)NN2)cc1. The Morgan fingerprint density at radius 2 is 2.00 bits per heavy atom. The summed E-state index contributed by atoms with van der Waals surface area (Å²) in [6.45, 7) is 0. The average Bonchev–Trinajstić information content (AvgIpc) is 2.38. The number of hydrazine groups is 1. The van der Waals surface area contributed by atoms with Crippen LogP contribution in [-0.4, -0.2) is 26.0 Å². The van der Waals surface area contributed by atoms with Gasteiger partial charge in [0.25, 0.3) is 0 Å². The van der Waals surface area contributed by atoms with E-state index in [4.69, 9.17) is 0 Å². The van der Waals surface area contributed by atoms with Gasteiger partial charge in [-0.1, -0.05) is 24.3 Å². The Bertz CT molecular complexity index is 427. The van der Waals surface area contributed by atoms with Crippen LogP contribution in [0.4, 0.5) is 5.69 Å². The molecule has 0 aliphatic carbocycles. The molecule has 18 heavy (non-hydrogen) atoms. The minimum absolute atomic E-state index is 0.0648. The first-order chi connectivity index (χ1) is 8.65. The smallest absolute Gasteiger partial charge is 0.234 e. The normalized spacial score (nSPS) is 19.9. The van der Waals surface area contributed by atoms with Gasteiger partial charge in [-0.2, -0.15) is 0 Å². The number of hydrogen-bond acceptors (Lipinski definition) is 3. The van der Waals surface area contributed by atoms with Crippen LogP contribution in [0.1, 0.15) is 18.4 Å². The molecule has 1 aliphatic rings. The third-order valence-electron chi connectivity index (χ3n) is 3.01. The number of nitrogens with one attached hydrogen (secondary N) is 2. The molecule has 0 aromatic heterocycles. The van der Waals surface area contributed by atoms with Gasteiger partial charge in [0.1, 0.15) is 0 Å². The Hall–Kier alpha value is -1.81. The van der Waals surface area contributed by atoms with Crippen LogP contribution in [0.25, 0.3) is 6.08 Å². The van der Waals surface area contributed by atoms with Crippen molar-refractivity contribution in [2.75, 3.05) is 19.0 Å². The van der Waals surface area contributed by atoms with E-state index in [2.05, 4.69) is 52.2 Å². The molecule has 0 radical (unpaired) electrons. The van der Waals surface area contributed by atoms with Gasteiger partial charge in [-0.3, -0.25) is 10.2 Å². The lowest BCUT2D eigenvalue weighted by molar-refractivity contribution is -0.123. The fourth-order valence-corrected chi connectivity index (χ4v) is 1.85. The van der Waals surface area contributed by atoms with E-state index in [9.17, 15) is 4.79 Å². The molecule has 1 amide bonds. The fourth-order valence-electron chi connectivity index (χ4n) is 1.85. The summed E-state index contributed by atoms with van der Waals surface area (Å²) < 4.78 is 0. The molecule has 2 rings (SSSR count). The van der Waals surface area contributed by atoms with Gasteiger partial charge in [0.15, 0.2) is 0 Å². The average molecular weight is 245 g/mol. The highest BCUT2D eigenvalue weighted by atomic mass is 16.2. The topological polar surface area (TPSA) is 44.4 Å². The predicted octanol–water partition coefficient (Wildman–Crippen LogP) is 1.55. The van der Waals surface area contributed by atoms with Gasteiger partial charge in [-0.05, 0) is 24.1 Å². The number of rotatable bonds is 3. The molecular weight excluding hydrogens is 226 g/mol. The number of carbonyl (C=O) groups is 1. The molecule has 1 aliphatic heterocycles. The van der Waals surface area contributed by atoms with Crippen molar-refractivity contribution >= 4 is 17.7 Å². The molecule has 96 valence electrons. The van der Waals surface area contributed by atoms with Crippen molar-refractivity contribution in [2.45, 2.75) is 18.9 Å². The van der Waals surface area contributed by atoms with Crippen LogP contribution in [-0.2, 0) is 4.79 Å². The molecular formula is C14H19N3O. The molecule has 0 spiro atoms. The van der Waals surface area contributed by atoms with Crippen molar-refractivity contribution in [3.8, 4) is 0 Å². The van der Waals surface area contributed by atoms with E-state index in [1.54, 1.807) is 0 Å². The van der Waals surface area contributed by atoms with Crippen LogP contribution in [0.5, 0.6) is 0 Å². The van der Waals surface area contributed by atoms with E-state index in [1.165, 1.54) is 11.3 Å². The van der Waals surface area contributed by atoms with Gasteiger partial charge >= 0.3 is 0 Å². The maximum atomic E-state index is 11.0. The van der Waals surface area contributed by atoms with Crippen LogP contribution in [0, 0.1) is 0 Å². The molecule has 1 saturated heterocycles. The van der Waals surface area contributed by atoms with Crippen molar-refractivity contribution in [2.24, 2.45) is 0 Å². The molecule has 1 heterocycles. The number of nitrogens with zero attached hydrogens (tertiary/aromatic N) is 1. The summed E-state index contributed by atoms with van der Waals surface area (Å²) in [4.78, 5) is 13.1. The highest BCUT2D eigenvalue weighted by Gasteiger charge is 2.14. The van der Waals surface area contributed by atoms with Crippen molar-refractivity contribution in [1.82, 2.24) is 10.9 Å². The summed E-state index contributed by atoms with van der Waals surface area (Å²) in [5, 5.41) is 0. The maximum absolute atomic E-state index is 11.0. The molecule has 0 bridgehead atoms. The Kier molecular flexibility index (Phi) is 3.99. The molecule has 1 fully saturated rings. The first-order valence-electron chi connectivity index (χ1n) is 6.15. The van der Waals surface area contributed by atoms with E-state index >= 15 is 0 Å². The Morgan fingerprint density at radius 3 is 2.56 bits per heavy atom. The maximum Gasteiger partial charge on any atom is 0.234 e. The largest absolute Gasteiger partial charge is 0.378 e. The lowest BCUT2D eigenvalue weighted by Gasteiger charge is -2.20. The second kappa shape index (κ2) is 5.69. The summed E-state index contributed by atoms with van der Waals surface area (Å²) in [5.41, 5.74) is 7.98. The number of amides is 1. The molecule has 0 saturated carbocycles. The first kappa shape index (κ1) is 12.6. The third kappa shape index (κ3) is 3.34. The molecule has 1 aromatic carbocycles. The zero-order valence-electron chi connectivity index (χ0n) is 10.8. The zero-order chi connectivity index (χ0) is 13.0. The molecule has 4 nitrogen and oxygen atoms in total. The fraction of sp³-hybridized carbons (Fsp3) is 0.357. The Labute approximate surface area is 108 Å². The highest BCUT2D eigenvalue weighted by molar-refractivity contribution is 5.76. The van der Waals surface area contributed by atoms with Gasteiger partial charge in [0.05, 0.1) is 0 Å². The summed E-state index contributed by atoms with van der Waals surface area (Å²) in [6.07, 6.45) is 5.60. The van der Waals surface area contributed by atoms with E-state index < -0.39 is 0 Å². The lowest BCUT2D eigenvalue weighted by atomic mass is 10.1. The lowest BCUT2D eigenvalue weighted by Crippen LogP contribution is -2.48. The summed E-state index contributed by atoms with van der Waals surface area (Å²) in [7, 11) is 4.05. The molecule has 2 N–H and O–H groups in total. The minimum atomic E-state index is 0.0648. The van der Waals surface area contributed by atoms with E-state index in [0.29, 0.717) is 6.42 Å². The standard InChI is InChI=1S/C14H19N3O/c1-17(2)13-8-4-11(5-9-13)3-6-12-7-10-14(18)16-15-12/h3-6,8-9,12,15H,7,10H2,1-2H3,(H,16,18)/b6-3+. The molecule has 1 unspecified atom stereocenters. The van der Waals surface area contributed by atoms with Gasteiger partial charge < -0.3 is 4.90 Å². The number of hydrogen-bond donors (Lipinski definition) is 2. The van der Waals surface area contributed by atoms with Crippen LogP contribution >= 0.6 is 0 Å². The minimum Gasteiger partial charge on any atom is -0.378 e. The molecule has 4 heteroatoms. The predicted molar refractivity (Wildman–Crippen MR) is 74.1 cm³/mol. The van der Waals surface area contributed by atoms with Gasteiger partial charge in [-0.25, -0.2) is 5.43 Å². The van der Waals surface area contributed by atoms with E-state index in [-0.39, 0.29) is 11.9 Å². The van der Waals surface area contributed by atoms with Crippen molar-refractivity contribution < 1.29 is 4.79 Å². The van der Waals surface area contributed by atoms with Crippen LogP contribution in [0.15, 0.2) is 30.3 Å². The second-order valence-electron chi connectivity index (χ2n) is 4.68. The van der Waals surface area contributed by atoms with Gasteiger partial charge in [-0.15, -0.1) is 0 Å². The van der Waals surface area contributed by atoms with E-state index in [0.717, 1.165) is 6.42 Å². The van der Waals surface area contributed by atoms with Crippen LogP contribution < -0.4 is 15.8 Å². The second-order valence-corrected chi connectivity index (χ2v) is 4.68. The first-order valence-corrected chi connectivity index (χ1v) is 6.15. The summed E-state index contributed by atoms with van der Waals surface area (Å²) in [5.74, 6) is 0.0648. The monoisotopic (exact) mass is 245 g/mol. The zero-order valence-corrected chi connectivity index (χ0v) is 10.8. The van der Waals surface area contributed by atoms with Gasteiger partial charge in [0, 0.05) is 32.2 Å². The Balaban J connectivity index is 1.94. The van der Waals surface area contributed by atoms with Gasteiger partial charge in [0.2, 0.25) is 5.91 Å². The van der Waals surface area contributed by atoms with Crippen molar-refractivity contribution in [3.63, 3.8) is 0 Å².